The van der Waals surface area contributed by atoms with Crippen molar-refractivity contribution in [1.29, 1.82) is 5.26 Å². The van der Waals surface area contributed by atoms with Crippen molar-refractivity contribution in [3.8, 4) is 6.07 Å². The highest BCUT2D eigenvalue weighted by molar-refractivity contribution is 9.15. The number of aryl methyl sites for hydroxylation is 2. The van der Waals surface area contributed by atoms with Gasteiger partial charge in [0.15, 0.2) is 0 Å². The van der Waals surface area contributed by atoms with Crippen LogP contribution in [0.25, 0.3) is 4.48 Å². The van der Waals surface area contributed by atoms with Crippen LogP contribution in [-0.2, 0) is 0 Å². The van der Waals surface area contributed by atoms with E-state index in [9.17, 15) is 0 Å². The highest BCUT2D eigenvalue weighted by Crippen LogP contribution is 2.29. The maximum atomic E-state index is 8.96. The van der Waals surface area contributed by atoms with Crippen LogP contribution in [0.2, 0.25) is 0 Å². The molecule has 1 aliphatic rings. The van der Waals surface area contributed by atoms with Crippen molar-refractivity contribution in [2.75, 3.05) is 0 Å². The van der Waals surface area contributed by atoms with E-state index >= 15 is 0 Å². The number of nitrogens with zero attached hydrogens (tertiary/aromatic N) is 1. The molecule has 0 N–H and O–H groups in total. The molecule has 1 saturated carbocycles. The van der Waals surface area contributed by atoms with Crippen molar-refractivity contribution < 1.29 is 0 Å². The van der Waals surface area contributed by atoms with E-state index in [2.05, 4.69) is 61.8 Å². The molecule has 0 aromatic heterocycles. The van der Waals surface area contributed by atoms with Gasteiger partial charge in [0.05, 0.1) is 11.6 Å². The van der Waals surface area contributed by atoms with Crippen molar-refractivity contribution >= 4 is 20.4 Å². The second-order valence-corrected chi connectivity index (χ2v) is 7.43. The summed E-state index contributed by atoms with van der Waals surface area (Å²) in [7, 11) is 0. The minimum Gasteiger partial charge on any atom is -0.192 e. The zero-order valence-electron chi connectivity index (χ0n) is 14.5. The summed E-state index contributed by atoms with van der Waals surface area (Å²) < 4.78 is 1.07. The lowest BCUT2D eigenvalue weighted by Crippen LogP contribution is -1.90. The number of rotatable bonds is 2. The Hall–Kier alpha value is -1.07. The van der Waals surface area contributed by atoms with Gasteiger partial charge in [-0.15, -0.1) is 0 Å². The summed E-state index contributed by atoms with van der Waals surface area (Å²) in [6.07, 6.45) is 7.51. The van der Waals surface area contributed by atoms with Crippen LogP contribution in [0.4, 0.5) is 0 Å². The number of halogens is 1. The first kappa shape index (κ1) is 19.0. The van der Waals surface area contributed by atoms with Crippen LogP contribution in [0.3, 0.4) is 0 Å². The van der Waals surface area contributed by atoms with Crippen molar-refractivity contribution in [2.24, 2.45) is 11.8 Å². The van der Waals surface area contributed by atoms with E-state index in [4.69, 9.17) is 5.26 Å². The molecule has 0 saturated heterocycles. The average Bonchev–Trinajstić information content (AvgIpc) is 2.83. The quantitative estimate of drug-likeness (QED) is 0.570. The van der Waals surface area contributed by atoms with Crippen LogP contribution in [0.15, 0.2) is 18.2 Å². The Morgan fingerprint density at radius 1 is 1.23 bits per heavy atom. The fourth-order valence-corrected chi connectivity index (χ4v) is 3.76. The molecule has 1 fully saturated rings. The Morgan fingerprint density at radius 3 is 2.23 bits per heavy atom. The molecule has 0 aliphatic heterocycles. The minimum absolute atomic E-state index is 0.747. The van der Waals surface area contributed by atoms with E-state index in [0.29, 0.717) is 0 Å². The van der Waals surface area contributed by atoms with Gasteiger partial charge in [0.25, 0.3) is 0 Å². The molecule has 0 amide bonds. The van der Waals surface area contributed by atoms with Crippen molar-refractivity contribution in [2.45, 2.75) is 60.3 Å². The van der Waals surface area contributed by atoms with Gasteiger partial charge in [-0.3, -0.25) is 0 Å². The fraction of sp³-hybridized carbons (Fsp3) is 0.550. The molecular weight excluding hydrogens is 334 g/mol. The highest BCUT2D eigenvalue weighted by Gasteiger charge is 2.15. The van der Waals surface area contributed by atoms with Gasteiger partial charge in [-0.05, 0) is 61.3 Å². The topological polar surface area (TPSA) is 23.8 Å². The molecule has 2 atom stereocenters. The van der Waals surface area contributed by atoms with Gasteiger partial charge >= 0.3 is 0 Å². The maximum absolute atomic E-state index is 8.96. The molecule has 1 aromatic rings. The third-order valence-corrected chi connectivity index (χ3v) is 5.04. The number of allylic oxidation sites excluding steroid dienone is 1. The Kier molecular flexibility index (Phi) is 7.90. The number of benzene rings is 1. The summed E-state index contributed by atoms with van der Waals surface area (Å²) in [4.78, 5) is 0. The Balaban J connectivity index is 0.000000287. The summed E-state index contributed by atoms with van der Waals surface area (Å²) >= 11 is 3.54. The predicted octanol–water partition coefficient (Wildman–Crippen LogP) is 6.76. The monoisotopic (exact) mass is 361 g/mol. The van der Waals surface area contributed by atoms with Crippen LogP contribution in [0, 0.1) is 37.0 Å². The van der Waals surface area contributed by atoms with Crippen LogP contribution in [0.5, 0.6) is 0 Å². The second kappa shape index (κ2) is 9.16. The summed E-state index contributed by atoms with van der Waals surface area (Å²) in [5, 5.41) is 8.96. The van der Waals surface area contributed by atoms with E-state index in [1.165, 1.54) is 24.8 Å². The summed E-state index contributed by atoms with van der Waals surface area (Å²) in [5.41, 5.74) is 4.09. The number of nitriles is 1. The van der Waals surface area contributed by atoms with Crippen molar-refractivity contribution in [3.63, 3.8) is 0 Å². The van der Waals surface area contributed by atoms with Gasteiger partial charge in [0.1, 0.15) is 0 Å². The zero-order chi connectivity index (χ0) is 16.7. The molecule has 0 radical (unpaired) electrons. The molecule has 0 spiro atoms. The standard InChI is InChI=1S/C13H14BrN.C7H14/c1-4-5-13(14)12-7-11(8-15)9(2)6-10(12)3;1-6-3-4-7(2)5-6/h5-7H,4H2,1-3H3;6-7H,3-5H2,1-2H3/b13-5+;. The van der Waals surface area contributed by atoms with Gasteiger partial charge in [-0.2, -0.15) is 5.26 Å². The van der Waals surface area contributed by atoms with Crippen LogP contribution >= 0.6 is 15.9 Å². The molecule has 1 aliphatic carbocycles. The first-order valence-corrected chi connectivity index (χ1v) is 9.05. The molecule has 0 bridgehead atoms. The Morgan fingerprint density at radius 2 is 1.82 bits per heavy atom. The van der Waals surface area contributed by atoms with Crippen molar-refractivity contribution in [3.05, 3.63) is 40.5 Å². The maximum Gasteiger partial charge on any atom is 0.0994 e. The predicted molar refractivity (Wildman–Crippen MR) is 100 cm³/mol. The average molecular weight is 362 g/mol. The van der Waals surface area contributed by atoms with Crippen LogP contribution < -0.4 is 0 Å². The first-order chi connectivity index (χ1) is 10.4. The highest BCUT2D eigenvalue weighted by atomic mass is 79.9. The molecule has 1 aromatic carbocycles. The van der Waals surface area contributed by atoms with E-state index in [-0.39, 0.29) is 0 Å². The third-order valence-electron chi connectivity index (χ3n) is 4.29. The van der Waals surface area contributed by atoms with E-state index < -0.39 is 0 Å². The Labute approximate surface area is 144 Å². The smallest absolute Gasteiger partial charge is 0.0994 e. The van der Waals surface area contributed by atoms with Gasteiger partial charge < -0.3 is 0 Å². The molecule has 2 unspecified atom stereocenters. The fourth-order valence-electron chi connectivity index (χ4n) is 3.01. The first-order valence-electron chi connectivity index (χ1n) is 8.26. The van der Waals surface area contributed by atoms with E-state index in [0.717, 1.165) is 39.4 Å². The molecule has 2 heteroatoms. The van der Waals surface area contributed by atoms with E-state index in [1.807, 2.05) is 13.0 Å². The van der Waals surface area contributed by atoms with Crippen LogP contribution in [-0.4, -0.2) is 0 Å². The lowest BCUT2D eigenvalue weighted by molar-refractivity contribution is 0.555. The third kappa shape index (κ3) is 5.61. The summed E-state index contributed by atoms with van der Waals surface area (Å²) in [5.74, 6) is 2.05. The van der Waals surface area contributed by atoms with E-state index in [1.54, 1.807) is 0 Å². The van der Waals surface area contributed by atoms with Crippen LogP contribution in [0.1, 0.15) is 68.7 Å². The molecule has 0 heterocycles. The molecular formula is C20H28BrN. The minimum atomic E-state index is 0.747. The largest absolute Gasteiger partial charge is 0.192 e. The number of hydrogen-bond donors (Lipinski definition) is 0. The summed E-state index contributed by atoms with van der Waals surface area (Å²) in [6, 6.07) is 6.21. The SMILES string of the molecule is CC/C=C(/Br)c1cc(C#N)c(C)cc1C.CC1CCC(C)C1. The lowest BCUT2D eigenvalue weighted by atomic mass is 10.00. The molecule has 1 nitrogen and oxygen atoms in total. The summed E-state index contributed by atoms with van der Waals surface area (Å²) in [6.45, 7) is 10.8. The number of hydrogen-bond acceptors (Lipinski definition) is 1. The molecule has 2 rings (SSSR count). The van der Waals surface area contributed by atoms with Gasteiger partial charge in [-0.1, -0.05) is 61.7 Å². The zero-order valence-corrected chi connectivity index (χ0v) is 16.1. The Bertz CT molecular complexity index is 558. The van der Waals surface area contributed by atoms with Crippen molar-refractivity contribution in [1.82, 2.24) is 0 Å². The second-order valence-electron chi connectivity index (χ2n) is 6.58. The molecule has 120 valence electrons. The van der Waals surface area contributed by atoms with Gasteiger partial charge in [0, 0.05) is 4.48 Å². The van der Waals surface area contributed by atoms with Gasteiger partial charge in [-0.25, -0.2) is 0 Å². The normalized spacial score (nSPS) is 21.0. The molecule has 22 heavy (non-hydrogen) atoms. The van der Waals surface area contributed by atoms with Gasteiger partial charge in [0.2, 0.25) is 0 Å². The lowest BCUT2D eigenvalue weighted by Gasteiger charge is -2.07.